The Kier molecular flexibility index (Phi) is 2.96. The minimum atomic E-state index is -0.0530. The van der Waals surface area contributed by atoms with Crippen LogP contribution in [0, 0.1) is 0 Å². The van der Waals surface area contributed by atoms with Gasteiger partial charge >= 0.3 is 0 Å². The highest BCUT2D eigenvalue weighted by atomic mass is 14.4. The highest BCUT2D eigenvalue weighted by Crippen LogP contribution is 2.52. The highest BCUT2D eigenvalue weighted by molar-refractivity contribution is 6.14. The Balaban J connectivity index is 1.69. The van der Waals surface area contributed by atoms with Crippen molar-refractivity contribution in [2.24, 2.45) is 0 Å². The third kappa shape index (κ3) is 1.87. The van der Waals surface area contributed by atoms with Crippen molar-refractivity contribution in [2.45, 2.75) is 25.7 Å². The van der Waals surface area contributed by atoms with Gasteiger partial charge in [0.25, 0.3) is 0 Å². The molecule has 2 aliphatic carbocycles. The predicted molar refractivity (Wildman–Crippen MR) is 129 cm³/mol. The number of hydrogen-bond acceptors (Lipinski definition) is 0. The SMILES string of the molecule is CC1(C)c2c(ccc3c2ccc2ccccc23)-c2ccc3c4c(ccc1c24)C=CC3. The minimum Gasteiger partial charge on any atom is -0.0795 e. The first-order valence-corrected chi connectivity index (χ1v) is 10.9. The molecular formula is C30H22. The van der Waals surface area contributed by atoms with Crippen LogP contribution in [0.1, 0.15) is 36.1 Å². The highest BCUT2D eigenvalue weighted by Gasteiger charge is 2.35. The second-order valence-electron chi connectivity index (χ2n) is 9.33. The number of fused-ring (bicyclic) bond motifs is 6. The normalized spacial score (nSPS) is 15.7. The van der Waals surface area contributed by atoms with Crippen molar-refractivity contribution >= 4 is 38.4 Å². The number of rotatable bonds is 0. The topological polar surface area (TPSA) is 0 Å². The first kappa shape index (κ1) is 16.4. The summed E-state index contributed by atoms with van der Waals surface area (Å²) in [5.41, 5.74) is 8.48. The van der Waals surface area contributed by atoms with Crippen LogP contribution < -0.4 is 0 Å². The Labute approximate surface area is 176 Å². The molecule has 0 saturated carbocycles. The predicted octanol–water partition coefficient (Wildman–Crippen LogP) is 8.02. The van der Waals surface area contributed by atoms with Gasteiger partial charge in [0.05, 0.1) is 0 Å². The van der Waals surface area contributed by atoms with E-state index in [2.05, 4.69) is 98.8 Å². The molecule has 0 amide bonds. The van der Waals surface area contributed by atoms with Crippen molar-refractivity contribution in [3.05, 3.63) is 101 Å². The smallest absolute Gasteiger partial charge is 0.0165 e. The average Bonchev–Trinajstić information content (AvgIpc) is 2.78. The maximum absolute atomic E-state index is 2.41. The van der Waals surface area contributed by atoms with Crippen LogP contribution in [0.4, 0.5) is 0 Å². The minimum absolute atomic E-state index is 0.0530. The van der Waals surface area contributed by atoms with Gasteiger partial charge in [-0.1, -0.05) is 98.8 Å². The number of hydrogen-bond donors (Lipinski definition) is 0. The zero-order valence-electron chi connectivity index (χ0n) is 17.3. The van der Waals surface area contributed by atoms with Crippen LogP contribution in [0.15, 0.2) is 78.9 Å². The largest absolute Gasteiger partial charge is 0.0795 e. The number of allylic oxidation sites excluding steroid dienone is 1. The van der Waals surface area contributed by atoms with E-state index in [1.165, 1.54) is 65.7 Å². The van der Waals surface area contributed by atoms with Crippen LogP contribution in [0.25, 0.3) is 49.5 Å². The molecule has 0 nitrogen and oxygen atoms in total. The summed E-state index contributed by atoms with van der Waals surface area (Å²) >= 11 is 0. The van der Waals surface area contributed by atoms with E-state index in [9.17, 15) is 0 Å². The average molecular weight is 383 g/mol. The fraction of sp³-hybridized carbons (Fsp3) is 0.133. The quantitative estimate of drug-likeness (QED) is 0.238. The van der Waals surface area contributed by atoms with Crippen molar-refractivity contribution < 1.29 is 0 Å². The molecule has 0 radical (unpaired) electrons. The third-order valence-corrected chi connectivity index (χ3v) is 7.43. The van der Waals surface area contributed by atoms with Crippen LogP contribution in [-0.4, -0.2) is 0 Å². The summed E-state index contributed by atoms with van der Waals surface area (Å²) in [5.74, 6) is 0. The van der Waals surface area contributed by atoms with Gasteiger partial charge in [-0.05, 0) is 72.1 Å². The van der Waals surface area contributed by atoms with Gasteiger partial charge in [0, 0.05) is 5.41 Å². The molecule has 7 rings (SSSR count). The van der Waals surface area contributed by atoms with Crippen molar-refractivity contribution in [1.29, 1.82) is 0 Å². The van der Waals surface area contributed by atoms with Gasteiger partial charge in [-0.15, -0.1) is 0 Å². The molecule has 142 valence electrons. The summed E-state index contributed by atoms with van der Waals surface area (Å²) < 4.78 is 0. The van der Waals surface area contributed by atoms with Crippen LogP contribution in [0.3, 0.4) is 0 Å². The van der Waals surface area contributed by atoms with E-state index in [-0.39, 0.29) is 5.41 Å². The molecule has 2 aliphatic rings. The van der Waals surface area contributed by atoms with Crippen molar-refractivity contribution in [3.63, 3.8) is 0 Å². The van der Waals surface area contributed by atoms with Gasteiger partial charge in [-0.3, -0.25) is 0 Å². The van der Waals surface area contributed by atoms with Gasteiger partial charge < -0.3 is 0 Å². The van der Waals surface area contributed by atoms with Gasteiger partial charge in [-0.25, -0.2) is 0 Å². The van der Waals surface area contributed by atoms with Crippen LogP contribution in [-0.2, 0) is 11.8 Å². The molecule has 0 spiro atoms. The number of benzene rings is 5. The molecular weight excluding hydrogens is 360 g/mol. The lowest BCUT2D eigenvalue weighted by molar-refractivity contribution is 0.651. The monoisotopic (exact) mass is 382 g/mol. The first-order valence-electron chi connectivity index (χ1n) is 10.9. The van der Waals surface area contributed by atoms with E-state index >= 15 is 0 Å². The Morgan fingerprint density at radius 2 is 1.50 bits per heavy atom. The second-order valence-corrected chi connectivity index (χ2v) is 9.33. The molecule has 0 bridgehead atoms. The molecule has 0 aliphatic heterocycles. The molecule has 0 saturated heterocycles. The lowest BCUT2D eigenvalue weighted by atomic mass is 9.66. The molecule has 30 heavy (non-hydrogen) atoms. The van der Waals surface area contributed by atoms with Crippen LogP contribution >= 0.6 is 0 Å². The molecule has 0 atom stereocenters. The lowest BCUT2D eigenvalue weighted by Gasteiger charge is -2.37. The Bertz CT molecular complexity index is 1580. The molecule has 0 fully saturated rings. The zero-order chi connectivity index (χ0) is 20.0. The van der Waals surface area contributed by atoms with Crippen LogP contribution in [0.2, 0.25) is 0 Å². The van der Waals surface area contributed by atoms with Crippen molar-refractivity contribution in [2.75, 3.05) is 0 Å². The van der Waals surface area contributed by atoms with E-state index in [0.29, 0.717) is 0 Å². The van der Waals surface area contributed by atoms with Gasteiger partial charge in [0.2, 0.25) is 0 Å². The summed E-state index contributed by atoms with van der Waals surface area (Å²) in [6.07, 6.45) is 5.62. The van der Waals surface area contributed by atoms with Crippen molar-refractivity contribution in [3.8, 4) is 11.1 Å². The Morgan fingerprint density at radius 1 is 0.667 bits per heavy atom. The molecule has 0 aromatic heterocycles. The fourth-order valence-corrected chi connectivity index (χ4v) is 6.08. The third-order valence-electron chi connectivity index (χ3n) is 7.43. The summed E-state index contributed by atoms with van der Waals surface area (Å²) in [7, 11) is 0. The maximum Gasteiger partial charge on any atom is 0.0165 e. The molecule has 5 aromatic carbocycles. The van der Waals surface area contributed by atoms with E-state index < -0.39 is 0 Å². The van der Waals surface area contributed by atoms with Gasteiger partial charge in [0.15, 0.2) is 0 Å². The molecule has 5 aromatic rings. The Hall–Kier alpha value is -3.38. The first-order chi connectivity index (χ1) is 14.6. The van der Waals surface area contributed by atoms with E-state index in [1.807, 2.05) is 0 Å². The summed E-state index contributed by atoms with van der Waals surface area (Å²) in [6.45, 7) is 4.82. The van der Waals surface area contributed by atoms with Crippen molar-refractivity contribution in [1.82, 2.24) is 0 Å². The lowest BCUT2D eigenvalue weighted by Crippen LogP contribution is -2.24. The zero-order valence-corrected chi connectivity index (χ0v) is 17.3. The summed E-state index contributed by atoms with van der Waals surface area (Å²) in [4.78, 5) is 0. The molecule has 0 N–H and O–H groups in total. The summed E-state index contributed by atoms with van der Waals surface area (Å²) in [6, 6.07) is 27.5. The second kappa shape index (κ2) is 5.40. The molecule has 0 unspecified atom stereocenters. The fourth-order valence-electron chi connectivity index (χ4n) is 6.08. The Morgan fingerprint density at radius 3 is 2.43 bits per heavy atom. The van der Waals surface area contributed by atoms with E-state index in [0.717, 1.165) is 6.42 Å². The molecule has 0 heterocycles. The van der Waals surface area contributed by atoms with Gasteiger partial charge in [0.1, 0.15) is 0 Å². The summed E-state index contributed by atoms with van der Waals surface area (Å²) in [5, 5.41) is 8.32. The van der Waals surface area contributed by atoms with Gasteiger partial charge in [-0.2, -0.15) is 0 Å². The van der Waals surface area contributed by atoms with E-state index in [4.69, 9.17) is 0 Å². The maximum atomic E-state index is 2.41. The van der Waals surface area contributed by atoms with E-state index in [1.54, 1.807) is 0 Å². The van der Waals surface area contributed by atoms with Crippen LogP contribution in [0.5, 0.6) is 0 Å². The molecule has 0 heteroatoms. The standard InChI is InChI=1S/C30H22/c1-30(2)26-17-12-20-8-5-7-19-11-13-23(28(26)27(19)20)25-16-15-22-21-9-4-3-6-18(21)10-14-24(22)29(25)30/h3-6,8-17H,7H2,1-2H3.